The summed E-state index contributed by atoms with van der Waals surface area (Å²) in [5.74, 6) is 1.73. The number of hydrogen-bond acceptors (Lipinski definition) is 0. The van der Waals surface area contributed by atoms with Crippen molar-refractivity contribution in [3.8, 4) is 0 Å². The Hall–Kier alpha value is 0.700. The molecule has 0 heterocycles. The van der Waals surface area contributed by atoms with E-state index in [4.69, 9.17) is 0 Å². The normalized spacial score (nSPS) is 40.7. The molecule has 0 saturated heterocycles. The van der Waals surface area contributed by atoms with Crippen LogP contribution < -0.4 is 0 Å². The molecule has 0 N–H and O–H groups in total. The lowest BCUT2D eigenvalue weighted by atomic mass is 10.1. The minimum Gasteiger partial charge on any atom is -0.0545 e. The predicted octanol–water partition coefficient (Wildman–Crippen LogP) is 3.42. The van der Waals surface area contributed by atoms with E-state index in [1.165, 1.54) is 28.2 Å². The Morgan fingerprint density at radius 3 is 1.67 bits per heavy atom. The van der Waals surface area contributed by atoms with Crippen molar-refractivity contribution in [3.63, 3.8) is 0 Å². The van der Waals surface area contributed by atoms with E-state index in [1.807, 2.05) is 0 Å². The van der Waals surface area contributed by atoms with Crippen LogP contribution in [0.1, 0.15) is 19.3 Å². The fourth-order valence-corrected chi connectivity index (χ4v) is 3.31. The topological polar surface area (TPSA) is 0 Å². The quantitative estimate of drug-likeness (QED) is 0.619. The molecule has 0 spiro atoms. The summed E-state index contributed by atoms with van der Waals surface area (Å²) < 4.78 is 2.89. The molecule has 0 aromatic rings. The highest BCUT2D eigenvalue weighted by molar-refractivity contribution is 9.14. The second kappa shape index (κ2) is 2.09. The molecule has 0 amide bonds. The van der Waals surface area contributed by atoms with Crippen LogP contribution in [0.5, 0.6) is 0 Å². The molecular weight excluding hydrogens is 244 g/mol. The zero-order valence-electron chi connectivity index (χ0n) is 5.03. The van der Waals surface area contributed by atoms with Gasteiger partial charge in [0, 0.05) is 8.96 Å². The number of hydrogen-bond donors (Lipinski definition) is 0. The third-order valence-corrected chi connectivity index (χ3v) is 5.06. The number of allylic oxidation sites excluding steroid dienone is 2. The molecule has 50 valence electrons. The monoisotopic (exact) mass is 250 g/mol. The third-order valence-electron chi connectivity index (χ3n) is 2.38. The Balaban J connectivity index is 2.36. The SMILES string of the molecule is BrC1=C(Br)[C@H]2CCC1C2. The fourth-order valence-electron chi connectivity index (χ4n) is 1.83. The average Bonchev–Trinajstić information content (AvgIpc) is 2.37. The first-order valence-corrected chi connectivity index (χ1v) is 4.92. The summed E-state index contributed by atoms with van der Waals surface area (Å²) in [6.45, 7) is 0. The maximum Gasteiger partial charge on any atom is 0.00858 e. The Kier molecular flexibility index (Phi) is 1.49. The Labute approximate surface area is 72.0 Å². The number of halogens is 2. The highest BCUT2D eigenvalue weighted by Crippen LogP contribution is 2.52. The minimum atomic E-state index is 0.865. The summed E-state index contributed by atoms with van der Waals surface area (Å²) in [5, 5.41) is 0. The van der Waals surface area contributed by atoms with Crippen LogP contribution in [-0.4, -0.2) is 0 Å². The molecule has 2 aliphatic rings. The van der Waals surface area contributed by atoms with E-state index in [9.17, 15) is 0 Å². The first kappa shape index (κ1) is 6.41. The summed E-state index contributed by atoms with van der Waals surface area (Å²) in [6.07, 6.45) is 4.20. The lowest BCUT2D eigenvalue weighted by Gasteiger charge is -2.08. The van der Waals surface area contributed by atoms with Gasteiger partial charge in [0.2, 0.25) is 0 Å². The van der Waals surface area contributed by atoms with Crippen LogP contribution in [-0.2, 0) is 0 Å². The molecule has 1 fully saturated rings. The van der Waals surface area contributed by atoms with E-state index in [2.05, 4.69) is 31.9 Å². The minimum absolute atomic E-state index is 0.865. The van der Waals surface area contributed by atoms with Gasteiger partial charge in [-0.15, -0.1) is 0 Å². The third kappa shape index (κ3) is 0.829. The van der Waals surface area contributed by atoms with Gasteiger partial charge in [-0.05, 0) is 31.1 Å². The average molecular weight is 252 g/mol. The summed E-state index contributed by atoms with van der Waals surface area (Å²) in [5.41, 5.74) is 0. The lowest BCUT2D eigenvalue weighted by molar-refractivity contribution is 0.686. The second-order valence-electron chi connectivity index (χ2n) is 2.90. The molecule has 0 radical (unpaired) electrons. The van der Waals surface area contributed by atoms with Crippen LogP contribution >= 0.6 is 31.9 Å². The van der Waals surface area contributed by atoms with Crippen LogP contribution in [0.2, 0.25) is 0 Å². The molecule has 2 rings (SSSR count). The fraction of sp³-hybridized carbons (Fsp3) is 0.714. The van der Waals surface area contributed by atoms with Crippen molar-refractivity contribution < 1.29 is 0 Å². The molecule has 2 aliphatic carbocycles. The van der Waals surface area contributed by atoms with Gasteiger partial charge in [-0.1, -0.05) is 31.9 Å². The number of fused-ring (bicyclic) bond motifs is 2. The molecule has 9 heavy (non-hydrogen) atoms. The molecule has 1 unspecified atom stereocenters. The Morgan fingerprint density at radius 1 is 1.00 bits per heavy atom. The van der Waals surface area contributed by atoms with Crippen molar-refractivity contribution in [2.24, 2.45) is 11.8 Å². The summed E-state index contributed by atoms with van der Waals surface area (Å²) in [4.78, 5) is 0. The Morgan fingerprint density at radius 2 is 1.44 bits per heavy atom. The van der Waals surface area contributed by atoms with Crippen molar-refractivity contribution in [1.29, 1.82) is 0 Å². The van der Waals surface area contributed by atoms with Crippen LogP contribution in [0.25, 0.3) is 0 Å². The second-order valence-corrected chi connectivity index (χ2v) is 4.61. The molecule has 0 aromatic carbocycles. The van der Waals surface area contributed by atoms with Gasteiger partial charge in [0.15, 0.2) is 0 Å². The summed E-state index contributed by atoms with van der Waals surface area (Å²) in [6, 6.07) is 0. The smallest absolute Gasteiger partial charge is 0.00858 e. The molecule has 2 heteroatoms. The van der Waals surface area contributed by atoms with Gasteiger partial charge in [0.05, 0.1) is 0 Å². The molecule has 0 aliphatic heterocycles. The van der Waals surface area contributed by atoms with Gasteiger partial charge in [-0.25, -0.2) is 0 Å². The van der Waals surface area contributed by atoms with Crippen LogP contribution in [0.15, 0.2) is 8.96 Å². The number of rotatable bonds is 0. The zero-order chi connectivity index (χ0) is 6.43. The van der Waals surface area contributed by atoms with E-state index in [0.717, 1.165) is 11.8 Å². The van der Waals surface area contributed by atoms with Crippen molar-refractivity contribution >= 4 is 31.9 Å². The molecule has 0 nitrogen and oxygen atoms in total. The van der Waals surface area contributed by atoms with Gasteiger partial charge in [0.25, 0.3) is 0 Å². The molecular formula is C7H8Br2. The highest BCUT2D eigenvalue weighted by Gasteiger charge is 2.36. The van der Waals surface area contributed by atoms with Crippen molar-refractivity contribution in [2.45, 2.75) is 19.3 Å². The molecule has 2 bridgehead atoms. The maximum absolute atomic E-state index is 3.59. The van der Waals surface area contributed by atoms with Gasteiger partial charge in [-0.2, -0.15) is 0 Å². The molecule has 0 aromatic heterocycles. The lowest BCUT2D eigenvalue weighted by Crippen LogP contribution is -1.92. The van der Waals surface area contributed by atoms with Gasteiger partial charge in [0.1, 0.15) is 0 Å². The van der Waals surface area contributed by atoms with Gasteiger partial charge in [-0.3, -0.25) is 0 Å². The maximum atomic E-state index is 3.59. The van der Waals surface area contributed by atoms with Crippen LogP contribution in [0.4, 0.5) is 0 Å². The highest BCUT2D eigenvalue weighted by atomic mass is 79.9. The first-order chi connectivity index (χ1) is 4.29. The molecule has 2 atom stereocenters. The predicted molar refractivity (Wildman–Crippen MR) is 45.7 cm³/mol. The standard InChI is InChI=1S/C7H8Br2/c8-6-4-1-2-5(3-4)7(6)9/h4-5H,1-3H2/t4-,5?/m0/s1. The summed E-state index contributed by atoms with van der Waals surface area (Å²) >= 11 is 7.19. The van der Waals surface area contributed by atoms with Crippen LogP contribution in [0, 0.1) is 11.8 Å². The largest absolute Gasteiger partial charge is 0.0545 e. The van der Waals surface area contributed by atoms with E-state index in [0.29, 0.717) is 0 Å². The Bertz CT molecular complexity index is 154. The van der Waals surface area contributed by atoms with E-state index < -0.39 is 0 Å². The summed E-state index contributed by atoms with van der Waals surface area (Å²) in [7, 11) is 0. The van der Waals surface area contributed by atoms with E-state index >= 15 is 0 Å². The van der Waals surface area contributed by atoms with Crippen molar-refractivity contribution in [2.75, 3.05) is 0 Å². The van der Waals surface area contributed by atoms with Gasteiger partial charge < -0.3 is 0 Å². The van der Waals surface area contributed by atoms with E-state index in [1.54, 1.807) is 0 Å². The van der Waals surface area contributed by atoms with Crippen molar-refractivity contribution in [3.05, 3.63) is 8.96 Å². The first-order valence-electron chi connectivity index (χ1n) is 3.34. The van der Waals surface area contributed by atoms with E-state index in [-0.39, 0.29) is 0 Å². The van der Waals surface area contributed by atoms with Gasteiger partial charge >= 0.3 is 0 Å². The zero-order valence-corrected chi connectivity index (χ0v) is 8.20. The van der Waals surface area contributed by atoms with Crippen molar-refractivity contribution in [1.82, 2.24) is 0 Å². The molecule has 1 saturated carbocycles. The van der Waals surface area contributed by atoms with Crippen LogP contribution in [0.3, 0.4) is 0 Å².